The monoisotopic (exact) mass is 536 g/mol. The lowest BCUT2D eigenvalue weighted by Crippen LogP contribution is -2.57. The molecule has 2 atom stereocenters. The molecule has 1 aromatic carbocycles. The molecule has 0 radical (unpaired) electrons. The van der Waals surface area contributed by atoms with Gasteiger partial charge in [-0.2, -0.15) is 4.98 Å². The molecule has 2 aliphatic heterocycles. The molecule has 9 nitrogen and oxygen atoms in total. The van der Waals surface area contributed by atoms with Gasteiger partial charge in [-0.3, -0.25) is 4.90 Å². The molecular weight excluding hydrogens is 506 g/mol. The summed E-state index contributed by atoms with van der Waals surface area (Å²) in [6, 6.07) is 4.13. The summed E-state index contributed by atoms with van der Waals surface area (Å²) in [6.07, 6.45) is -2.43. The van der Waals surface area contributed by atoms with Crippen molar-refractivity contribution in [3.05, 3.63) is 36.0 Å². The normalized spacial score (nSPS) is 22.4. The van der Waals surface area contributed by atoms with Crippen LogP contribution in [0.25, 0.3) is 27.7 Å². The Morgan fingerprint density at radius 1 is 1.29 bits per heavy atom. The maximum atomic E-state index is 15.5. The molecule has 3 aromatic heterocycles. The van der Waals surface area contributed by atoms with Crippen molar-refractivity contribution in [3.8, 4) is 17.0 Å². The number of fused-ring (bicyclic) bond motifs is 2. The van der Waals surface area contributed by atoms with Gasteiger partial charge in [-0.15, -0.1) is 5.10 Å². The van der Waals surface area contributed by atoms with Crippen molar-refractivity contribution in [2.24, 2.45) is 0 Å². The van der Waals surface area contributed by atoms with E-state index in [4.69, 9.17) is 13.6 Å². The number of nitrogens with one attached hydrogen (secondary N) is 1. The van der Waals surface area contributed by atoms with Crippen molar-refractivity contribution in [2.45, 2.75) is 44.6 Å². The molecule has 202 valence electrons. The van der Waals surface area contributed by atoms with Crippen LogP contribution in [0.4, 0.5) is 23.5 Å². The summed E-state index contributed by atoms with van der Waals surface area (Å²) >= 11 is 0. The van der Waals surface area contributed by atoms with Gasteiger partial charge in [0.1, 0.15) is 17.5 Å². The van der Waals surface area contributed by atoms with Gasteiger partial charge in [0.2, 0.25) is 11.8 Å². The summed E-state index contributed by atoms with van der Waals surface area (Å²) in [7, 11) is -2.94. The number of methoxy groups -OCH3 is 1. The Morgan fingerprint density at radius 3 is 2.84 bits per heavy atom. The van der Waals surface area contributed by atoms with Gasteiger partial charge < -0.3 is 19.4 Å². The highest BCUT2D eigenvalue weighted by molar-refractivity contribution is 5.90. The average molecular weight is 537 g/mol. The zero-order chi connectivity index (χ0) is 29.1. The van der Waals surface area contributed by atoms with Crippen LogP contribution in [0.1, 0.15) is 16.4 Å². The third kappa shape index (κ3) is 4.33. The third-order valence-electron chi connectivity index (χ3n) is 7.22. The summed E-state index contributed by atoms with van der Waals surface area (Å²) in [5.41, 5.74) is 0.875. The van der Waals surface area contributed by atoms with Crippen LogP contribution in [-0.4, -0.2) is 87.1 Å². The molecular formula is C25H27F4N7O2. The fourth-order valence-corrected chi connectivity index (χ4v) is 5.22. The van der Waals surface area contributed by atoms with Gasteiger partial charge in [0, 0.05) is 13.1 Å². The Balaban J connectivity index is 1.38. The van der Waals surface area contributed by atoms with Crippen LogP contribution >= 0.6 is 0 Å². The third-order valence-corrected chi connectivity index (χ3v) is 7.22. The molecule has 2 saturated heterocycles. The van der Waals surface area contributed by atoms with Gasteiger partial charge in [-0.1, -0.05) is 6.07 Å². The van der Waals surface area contributed by atoms with Crippen molar-refractivity contribution < 1.29 is 31.1 Å². The van der Waals surface area contributed by atoms with Crippen molar-refractivity contribution in [2.75, 3.05) is 38.7 Å². The van der Waals surface area contributed by atoms with Gasteiger partial charge in [0.25, 0.3) is 6.43 Å². The molecule has 0 amide bonds. The number of rotatable bonds is 7. The SMILES string of the molecule is [2H]C([2H])([2H])Oc1nc(N[C@@H]2CCN(C3COC3)C[C@@H]2F)nn2cc(F)c(-c3ccc4nc(C)n(CC(F)F)c4c3)c12. The summed E-state index contributed by atoms with van der Waals surface area (Å²) in [5, 5.41) is 7.20. The number of hydrogen-bond donors (Lipinski definition) is 1. The summed E-state index contributed by atoms with van der Waals surface area (Å²) in [4.78, 5) is 10.5. The van der Waals surface area contributed by atoms with Crippen LogP contribution in [-0.2, 0) is 11.3 Å². The largest absolute Gasteiger partial charge is 0.479 e. The predicted molar refractivity (Wildman–Crippen MR) is 132 cm³/mol. The highest BCUT2D eigenvalue weighted by atomic mass is 19.3. The van der Waals surface area contributed by atoms with Crippen LogP contribution in [0.3, 0.4) is 0 Å². The van der Waals surface area contributed by atoms with Gasteiger partial charge in [-0.05, 0) is 31.0 Å². The number of halogens is 4. The summed E-state index contributed by atoms with van der Waals surface area (Å²) < 4.78 is 92.8. The minimum absolute atomic E-state index is 0.0838. The summed E-state index contributed by atoms with van der Waals surface area (Å²) in [6.45, 7) is 2.96. The highest BCUT2D eigenvalue weighted by Crippen LogP contribution is 2.36. The van der Waals surface area contributed by atoms with Gasteiger partial charge in [-0.25, -0.2) is 27.1 Å². The fraction of sp³-hybridized carbons (Fsp3) is 0.480. The highest BCUT2D eigenvalue weighted by Gasteiger charge is 2.36. The minimum atomic E-state index is -2.94. The second-order valence-electron chi connectivity index (χ2n) is 9.59. The zero-order valence-corrected chi connectivity index (χ0v) is 20.4. The van der Waals surface area contributed by atoms with E-state index in [-0.39, 0.29) is 35.2 Å². The van der Waals surface area contributed by atoms with Gasteiger partial charge >= 0.3 is 0 Å². The van der Waals surface area contributed by atoms with Crippen LogP contribution in [0, 0.1) is 12.7 Å². The molecule has 0 aliphatic carbocycles. The van der Waals surface area contributed by atoms with E-state index in [0.717, 1.165) is 10.7 Å². The number of hydrogen-bond acceptors (Lipinski definition) is 7. The number of anilines is 1. The van der Waals surface area contributed by atoms with E-state index in [2.05, 4.69) is 20.4 Å². The number of nitrogens with zero attached hydrogens (tertiary/aromatic N) is 6. The van der Waals surface area contributed by atoms with Crippen molar-refractivity contribution >= 4 is 22.5 Å². The van der Waals surface area contributed by atoms with Crippen molar-refractivity contribution in [1.29, 1.82) is 0 Å². The first-order valence-electron chi connectivity index (χ1n) is 13.7. The number of aromatic nitrogens is 5. The number of piperidine rings is 1. The van der Waals surface area contributed by atoms with Gasteiger partial charge in [0.05, 0.1) is 65.8 Å². The number of benzene rings is 1. The van der Waals surface area contributed by atoms with Crippen molar-refractivity contribution in [3.63, 3.8) is 0 Å². The molecule has 0 spiro atoms. The van der Waals surface area contributed by atoms with Crippen LogP contribution < -0.4 is 10.1 Å². The lowest BCUT2D eigenvalue weighted by Gasteiger charge is -2.42. The molecule has 0 saturated carbocycles. The molecule has 0 bridgehead atoms. The first kappa shape index (κ1) is 21.5. The molecule has 6 rings (SSSR count). The molecule has 0 unspecified atom stereocenters. The number of alkyl halides is 3. The quantitative estimate of drug-likeness (QED) is 0.361. The number of ether oxygens (including phenoxy) is 2. The number of imidazole rings is 1. The molecule has 2 aliphatic rings. The Labute approximate surface area is 219 Å². The van der Waals surface area contributed by atoms with E-state index in [1.807, 2.05) is 4.90 Å². The smallest absolute Gasteiger partial charge is 0.256 e. The van der Waals surface area contributed by atoms with E-state index in [9.17, 15) is 8.78 Å². The minimum Gasteiger partial charge on any atom is -0.479 e. The molecule has 4 aromatic rings. The van der Waals surface area contributed by atoms with E-state index >= 15 is 8.78 Å². The Bertz CT molecular complexity index is 1590. The Kier molecular flexibility index (Phi) is 5.48. The summed E-state index contributed by atoms with van der Waals surface area (Å²) in [5.74, 6) is -0.990. The standard InChI is InChI=1S/C25H27F4N7O2/c1-13-30-19-4-3-14(7-20(19)35(13)10-21(28)29)22-17(27)9-36-23(22)24(37-2)32-25(33-36)31-18-5-6-34(8-16(18)26)15-11-38-12-15/h3-4,7,9,15-16,18,21H,5-6,8,10-12H2,1-2H3,(H,31,33)/t16-,18+/m0/s1/i2D3. The lowest BCUT2D eigenvalue weighted by atomic mass is 10.0. The molecule has 1 N–H and O–H groups in total. The van der Waals surface area contributed by atoms with Crippen LogP contribution in [0.2, 0.25) is 0 Å². The fourth-order valence-electron chi connectivity index (χ4n) is 5.22. The van der Waals surface area contributed by atoms with Crippen molar-refractivity contribution in [1.82, 2.24) is 29.0 Å². The van der Waals surface area contributed by atoms with Gasteiger partial charge in [0.15, 0.2) is 5.82 Å². The molecule has 13 heteroatoms. The lowest BCUT2D eigenvalue weighted by molar-refractivity contribution is -0.0794. The maximum Gasteiger partial charge on any atom is 0.256 e. The maximum absolute atomic E-state index is 15.5. The zero-order valence-electron chi connectivity index (χ0n) is 23.4. The number of likely N-dealkylation sites (tertiary alicyclic amines) is 1. The second kappa shape index (κ2) is 9.70. The molecule has 38 heavy (non-hydrogen) atoms. The van der Waals surface area contributed by atoms with E-state index in [1.54, 1.807) is 19.1 Å². The second-order valence-corrected chi connectivity index (χ2v) is 9.59. The van der Waals surface area contributed by atoms with E-state index < -0.39 is 43.9 Å². The van der Waals surface area contributed by atoms with E-state index in [1.165, 1.54) is 10.6 Å². The molecule has 2 fully saturated rings. The first-order valence-corrected chi connectivity index (χ1v) is 12.2. The Morgan fingerprint density at radius 2 is 2.13 bits per heavy atom. The average Bonchev–Trinajstić information content (AvgIpc) is 3.33. The van der Waals surface area contributed by atoms with Crippen LogP contribution in [0.5, 0.6) is 5.88 Å². The number of aryl methyl sites for hydroxylation is 1. The van der Waals surface area contributed by atoms with E-state index in [0.29, 0.717) is 43.0 Å². The topological polar surface area (TPSA) is 81.7 Å². The van der Waals surface area contributed by atoms with Crippen LogP contribution in [0.15, 0.2) is 24.4 Å². The molecule has 5 heterocycles. The first-order chi connectivity index (χ1) is 19.5. The predicted octanol–water partition coefficient (Wildman–Crippen LogP) is 3.69. The Hall–Kier alpha value is -3.45.